The molecule has 0 aliphatic heterocycles. The molecule has 1 heterocycles. The van der Waals surface area contributed by atoms with Crippen LogP contribution >= 0.6 is 0 Å². The van der Waals surface area contributed by atoms with E-state index in [1.54, 1.807) is 6.20 Å². The average molecular weight is 210 g/mol. The van der Waals surface area contributed by atoms with Crippen molar-refractivity contribution in [3.8, 4) is 0 Å². The first-order valence-electron chi connectivity index (χ1n) is 5.33. The topological polar surface area (TPSA) is 44.0 Å². The second-order valence-electron chi connectivity index (χ2n) is 5.04. The van der Waals surface area contributed by atoms with Crippen LogP contribution in [0.25, 0.3) is 0 Å². The lowest BCUT2D eigenvalue weighted by atomic mass is 9.93. The number of hydrogen-bond acceptors (Lipinski definition) is 3. The van der Waals surface area contributed by atoms with Crippen molar-refractivity contribution in [1.29, 1.82) is 0 Å². The lowest BCUT2D eigenvalue weighted by molar-refractivity contribution is 0.232. The second kappa shape index (κ2) is 5.28. The summed E-state index contributed by atoms with van der Waals surface area (Å²) in [6, 6.07) is 0. The van der Waals surface area contributed by atoms with Crippen LogP contribution in [0.1, 0.15) is 19.7 Å². The van der Waals surface area contributed by atoms with Gasteiger partial charge in [0.2, 0.25) is 0 Å². The maximum Gasteiger partial charge on any atom is 0.120 e. The molecule has 0 fully saturated rings. The Morgan fingerprint density at radius 2 is 2.20 bits per heavy atom. The van der Waals surface area contributed by atoms with Crippen LogP contribution in [0.15, 0.2) is 12.4 Å². The van der Waals surface area contributed by atoms with Gasteiger partial charge in [0.15, 0.2) is 0 Å². The maximum atomic E-state index is 4.17. The van der Waals surface area contributed by atoms with Crippen LogP contribution in [0.4, 0.5) is 0 Å². The zero-order valence-electron chi connectivity index (χ0n) is 10.2. The van der Waals surface area contributed by atoms with E-state index in [0.29, 0.717) is 0 Å². The standard InChI is InChI=1S/C11H22N4/c1-11(2,9-15(3)4)8-12-7-10-13-5-6-14-10/h5-6,12H,7-9H2,1-4H3,(H,13,14). The van der Waals surface area contributed by atoms with Gasteiger partial charge in [-0.2, -0.15) is 0 Å². The maximum absolute atomic E-state index is 4.17. The van der Waals surface area contributed by atoms with E-state index >= 15 is 0 Å². The first kappa shape index (κ1) is 12.2. The molecule has 0 bridgehead atoms. The van der Waals surface area contributed by atoms with E-state index in [0.717, 1.165) is 25.5 Å². The normalized spacial score (nSPS) is 12.3. The Kier molecular flexibility index (Phi) is 4.29. The molecule has 0 unspecified atom stereocenters. The molecular weight excluding hydrogens is 188 g/mol. The zero-order chi connectivity index (χ0) is 11.3. The Morgan fingerprint density at radius 3 is 2.73 bits per heavy atom. The van der Waals surface area contributed by atoms with Gasteiger partial charge in [0.1, 0.15) is 5.82 Å². The van der Waals surface area contributed by atoms with Gasteiger partial charge in [-0.15, -0.1) is 0 Å². The first-order valence-corrected chi connectivity index (χ1v) is 5.33. The van der Waals surface area contributed by atoms with Crippen molar-refractivity contribution in [3.63, 3.8) is 0 Å². The Morgan fingerprint density at radius 1 is 1.47 bits per heavy atom. The molecule has 15 heavy (non-hydrogen) atoms. The van der Waals surface area contributed by atoms with Gasteiger partial charge in [0.05, 0.1) is 6.54 Å². The molecule has 1 aromatic heterocycles. The van der Waals surface area contributed by atoms with E-state index < -0.39 is 0 Å². The van der Waals surface area contributed by atoms with Crippen LogP contribution < -0.4 is 5.32 Å². The average Bonchev–Trinajstić information content (AvgIpc) is 2.53. The van der Waals surface area contributed by atoms with Crippen molar-refractivity contribution >= 4 is 0 Å². The summed E-state index contributed by atoms with van der Waals surface area (Å²) in [6.07, 6.45) is 3.63. The Balaban J connectivity index is 2.24. The largest absolute Gasteiger partial charge is 0.348 e. The smallest absolute Gasteiger partial charge is 0.120 e. The molecular formula is C11H22N4. The van der Waals surface area contributed by atoms with Crippen molar-refractivity contribution < 1.29 is 0 Å². The fraction of sp³-hybridized carbons (Fsp3) is 0.727. The number of nitrogens with zero attached hydrogens (tertiary/aromatic N) is 2. The quantitative estimate of drug-likeness (QED) is 0.738. The van der Waals surface area contributed by atoms with E-state index in [1.165, 1.54) is 0 Å². The molecule has 0 radical (unpaired) electrons. The van der Waals surface area contributed by atoms with E-state index in [9.17, 15) is 0 Å². The molecule has 1 aromatic rings. The Bertz CT molecular complexity index is 264. The Labute approximate surface area is 92.1 Å². The van der Waals surface area contributed by atoms with E-state index in [1.807, 2.05) is 6.20 Å². The van der Waals surface area contributed by atoms with Gasteiger partial charge in [0.25, 0.3) is 0 Å². The highest BCUT2D eigenvalue weighted by molar-refractivity contribution is 4.86. The highest BCUT2D eigenvalue weighted by Crippen LogP contribution is 2.14. The van der Waals surface area contributed by atoms with Gasteiger partial charge in [-0.25, -0.2) is 4.98 Å². The fourth-order valence-corrected chi connectivity index (χ4v) is 1.83. The number of imidazole rings is 1. The minimum Gasteiger partial charge on any atom is -0.348 e. The van der Waals surface area contributed by atoms with Gasteiger partial charge in [0, 0.05) is 25.5 Å². The van der Waals surface area contributed by atoms with Gasteiger partial charge in [-0.1, -0.05) is 13.8 Å². The summed E-state index contributed by atoms with van der Waals surface area (Å²) >= 11 is 0. The molecule has 0 aliphatic carbocycles. The third-order valence-corrected chi connectivity index (χ3v) is 2.20. The summed E-state index contributed by atoms with van der Waals surface area (Å²) in [5.74, 6) is 0.996. The molecule has 0 aliphatic rings. The van der Waals surface area contributed by atoms with E-state index in [4.69, 9.17) is 0 Å². The third kappa shape index (κ3) is 4.95. The van der Waals surface area contributed by atoms with Gasteiger partial charge < -0.3 is 15.2 Å². The third-order valence-electron chi connectivity index (χ3n) is 2.20. The van der Waals surface area contributed by atoms with Crippen LogP contribution in [0, 0.1) is 5.41 Å². The molecule has 0 saturated heterocycles. The van der Waals surface area contributed by atoms with Gasteiger partial charge in [-0.3, -0.25) is 0 Å². The molecule has 0 aromatic carbocycles. The van der Waals surface area contributed by atoms with E-state index in [2.05, 4.69) is 48.1 Å². The van der Waals surface area contributed by atoms with Gasteiger partial charge >= 0.3 is 0 Å². The Hall–Kier alpha value is -0.870. The summed E-state index contributed by atoms with van der Waals surface area (Å²) in [4.78, 5) is 9.47. The SMILES string of the molecule is CN(C)CC(C)(C)CNCc1ncc[nH]1. The molecule has 86 valence electrons. The summed E-state index contributed by atoms with van der Waals surface area (Å²) in [7, 11) is 4.21. The second-order valence-corrected chi connectivity index (χ2v) is 5.04. The molecule has 2 N–H and O–H groups in total. The molecule has 4 heteroatoms. The molecule has 0 amide bonds. The minimum absolute atomic E-state index is 0.288. The highest BCUT2D eigenvalue weighted by atomic mass is 15.1. The number of aromatic amines is 1. The van der Waals surface area contributed by atoms with Crippen LogP contribution in [0.5, 0.6) is 0 Å². The number of nitrogens with one attached hydrogen (secondary N) is 2. The molecule has 4 nitrogen and oxygen atoms in total. The van der Waals surface area contributed by atoms with Gasteiger partial charge in [-0.05, 0) is 19.5 Å². The van der Waals surface area contributed by atoms with Crippen LogP contribution in [-0.2, 0) is 6.54 Å². The summed E-state index contributed by atoms with van der Waals surface area (Å²) in [5, 5.41) is 3.41. The van der Waals surface area contributed by atoms with Crippen molar-refractivity contribution in [2.24, 2.45) is 5.41 Å². The zero-order valence-corrected chi connectivity index (χ0v) is 10.2. The van der Waals surface area contributed by atoms with Crippen LogP contribution in [0.2, 0.25) is 0 Å². The molecule has 0 saturated carbocycles. The molecule has 0 atom stereocenters. The number of H-pyrrole nitrogens is 1. The van der Waals surface area contributed by atoms with Crippen LogP contribution in [-0.4, -0.2) is 42.1 Å². The summed E-state index contributed by atoms with van der Waals surface area (Å²) < 4.78 is 0. The lowest BCUT2D eigenvalue weighted by Gasteiger charge is -2.28. The predicted molar refractivity (Wildman–Crippen MR) is 62.6 cm³/mol. The number of aromatic nitrogens is 2. The van der Waals surface area contributed by atoms with Crippen molar-refractivity contribution in [2.75, 3.05) is 27.2 Å². The van der Waals surface area contributed by atoms with Crippen LogP contribution in [0.3, 0.4) is 0 Å². The van der Waals surface area contributed by atoms with E-state index in [-0.39, 0.29) is 5.41 Å². The number of rotatable bonds is 6. The summed E-state index contributed by atoms with van der Waals surface area (Å²) in [5.41, 5.74) is 0.288. The predicted octanol–water partition coefficient (Wildman–Crippen LogP) is 1.09. The summed E-state index contributed by atoms with van der Waals surface area (Å²) in [6.45, 7) is 7.41. The van der Waals surface area contributed by atoms with Crippen molar-refractivity contribution in [2.45, 2.75) is 20.4 Å². The monoisotopic (exact) mass is 210 g/mol. The first-order chi connectivity index (χ1) is 6.99. The highest BCUT2D eigenvalue weighted by Gasteiger charge is 2.18. The number of hydrogen-bond donors (Lipinski definition) is 2. The fourth-order valence-electron chi connectivity index (χ4n) is 1.83. The van der Waals surface area contributed by atoms with Crippen molar-refractivity contribution in [3.05, 3.63) is 18.2 Å². The molecule has 0 spiro atoms. The molecule has 1 rings (SSSR count). The van der Waals surface area contributed by atoms with Crippen molar-refractivity contribution in [1.82, 2.24) is 20.2 Å². The lowest BCUT2D eigenvalue weighted by Crippen LogP contribution is -2.37. The minimum atomic E-state index is 0.288.